The Kier molecular flexibility index (Phi) is 6.06. The number of piperazine rings is 1. The number of amides is 2. The Morgan fingerprint density at radius 2 is 1.67 bits per heavy atom. The van der Waals surface area contributed by atoms with Gasteiger partial charge in [-0.2, -0.15) is 9.90 Å². The van der Waals surface area contributed by atoms with Crippen molar-refractivity contribution in [3.8, 4) is 5.69 Å². The van der Waals surface area contributed by atoms with Crippen molar-refractivity contribution in [1.29, 1.82) is 0 Å². The molecule has 9 heteroatoms. The van der Waals surface area contributed by atoms with Crippen LogP contribution in [0.15, 0.2) is 60.8 Å². The van der Waals surface area contributed by atoms with Gasteiger partial charge >= 0.3 is 0 Å². The van der Waals surface area contributed by atoms with E-state index in [2.05, 4.69) is 15.5 Å². The number of hydrogen-bond acceptors (Lipinski definition) is 5. The van der Waals surface area contributed by atoms with E-state index in [1.807, 2.05) is 47.4 Å². The fourth-order valence-corrected chi connectivity index (χ4v) is 3.46. The average Bonchev–Trinajstić information content (AvgIpc) is 3.26. The quantitative estimate of drug-likeness (QED) is 0.679. The molecule has 0 saturated carbocycles. The number of halogens is 1. The molecular weight excluding hydrogens is 404 g/mol. The van der Waals surface area contributed by atoms with Gasteiger partial charge in [0.1, 0.15) is 0 Å². The molecule has 0 atom stereocenters. The molecule has 1 aromatic heterocycles. The first kappa shape index (κ1) is 20.1. The molecule has 0 bridgehead atoms. The van der Waals surface area contributed by atoms with Gasteiger partial charge in [0.2, 0.25) is 5.91 Å². The van der Waals surface area contributed by atoms with Gasteiger partial charge in [0.15, 0.2) is 5.69 Å². The third-order valence-electron chi connectivity index (χ3n) is 4.87. The zero-order valence-corrected chi connectivity index (χ0v) is 17.0. The minimum absolute atomic E-state index is 0.131. The SMILES string of the molecule is O=C(CN1CCN(C(=O)c2cnn(-c3ccccc3)n2)CC1)Nc1ccccc1Cl. The maximum absolute atomic E-state index is 12.7. The summed E-state index contributed by atoms with van der Waals surface area (Å²) in [4.78, 5) is 30.2. The fourth-order valence-electron chi connectivity index (χ4n) is 3.27. The minimum atomic E-state index is -0.155. The predicted molar refractivity (Wildman–Crippen MR) is 114 cm³/mol. The molecule has 0 spiro atoms. The zero-order chi connectivity index (χ0) is 20.9. The first-order chi connectivity index (χ1) is 14.6. The molecule has 1 aliphatic heterocycles. The van der Waals surface area contributed by atoms with Gasteiger partial charge in [-0.15, -0.1) is 5.10 Å². The van der Waals surface area contributed by atoms with Gasteiger partial charge in [-0.3, -0.25) is 14.5 Å². The van der Waals surface area contributed by atoms with Gasteiger partial charge < -0.3 is 10.2 Å². The Labute approximate surface area is 179 Å². The number of carbonyl (C=O) groups is 2. The van der Waals surface area contributed by atoms with E-state index in [9.17, 15) is 9.59 Å². The fraction of sp³-hybridized carbons (Fsp3) is 0.238. The summed E-state index contributed by atoms with van der Waals surface area (Å²) in [6.07, 6.45) is 1.48. The summed E-state index contributed by atoms with van der Waals surface area (Å²) in [5, 5.41) is 11.8. The zero-order valence-electron chi connectivity index (χ0n) is 16.2. The van der Waals surface area contributed by atoms with Crippen LogP contribution >= 0.6 is 11.6 Å². The first-order valence-corrected chi connectivity index (χ1v) is 10.0. The van der Waals surface area contributed by atoms with Crippen LogP contribution in [0.25, 0.3) is 5.69 Å². The maximum atomic E-state index is 12.7. The van der Waals surface area contributed by atoms with Crippen LogP contribution in [0.4, 0.5) is 5.69 Å². The Morgan fingerprint density at radius 1 is 0.967 bits per heavy atom. The van der Waals surface area contributed by atoms with Crippen molar-refractivity contribution < 1.29 is 9.59 Å². The van der Waals surface area contributed by atoms with Crippen LogP contribution in [0.2, 0.25) is 5.02 Å². The smallest absolute Gasteiger partial charge is 0.276 e. The molecule has 2 aromatic carbocycles. The molecule has 8 nitrogen and oxygen atoms in total. The monoisotopic (exact) mass is 424 g/mol. The molecule has 30 heavy (non-hydrogen) atoms. The molecule has 2 heterocycles. The van der Waals surface area contributed by atoms with E-state index >= 15 is 0 Å². The number of hydrogen-bond donors (Lipinski definition) is 1. The highest BCUT2D eigenvalue weighted by atomic mass is 35.5. The number of rotatable bonds is 5. The number of aromatic nitrogens is 3. The van der Waals surface area contributed by atoms with Gasteiger partial charge in [-0.05, 0) is 24.3 Å². The lowest BCUT2D eigenvalue weighted by Gasteiger charge is -2.33. The summed E-state index contributed by atoms with van der Waals surface area (Å²) in [6, 6.07) is 16.6. The lowest BCUT2D eigenvalue weighted by Crippen LogP contribution is -2.50. The second kappa shape index (κ2) is 9.06. The van der Waals surface area contributed by atoms with E-state index in [0.29, 0.717) is 42.6 Å². The van der Waals surface area contributed by atoms with Crippen LogP contribution in [0.1, 0.15) is 10.5 Å². The number of nitrogens with zero attached hydrogens (tertiary/aromatic N) is 5. The van der Waals surface area contributed by atoms with E-state index in [1.165, 1.54) is 11.0 Å². The Bertz CT molecular complexity index is 1030. The summed E-state index contributed by atoms with van der Waals surface area (Å²) < 4.78 is 0. The molecule has 2 amide bonds. The molecule has 1 saturated heterocycles. The number of anilines is 1. The van der Waals surface area contributed by atoms with E-state index in [-0.39, 0.29) is 18.4 Å². The maximum Gasteiger partial charge on any atom is 0.276 e. The van der Waals surface area contributed by atoms with Crippen LogP contribution in [0.5, 0.6) is 0 Å². The number of para-hydroxylation sites is 2. The summed E-state index contributed by atoms with van der Waals surface area (Å²) in [5.74, 6) is -0.286. The number of carbonyl (C=O) groups excluding carboxylic acids is 2. The highest BCUT2D eigenvalue weighted by molar-refractivity contribution is 6.33. The highest BCUT2D eigenvalue weighted by Crippen LogP contribution is 2.20. The van der Waals surface area contributed by atoms with Crippen molar-refractivity contribution >= 4 is 29.1 Å². The largest absolute Gasteiger partial charge is 0.335 e. The van der Waals surface area contributed by atoms with Crippen LogP contribution < -0.4 is 5.32 Å². The van der Waals surface area contributed by atoms with E-state index in [4.69, 9.17) is 11.6 Å². The molecular formula is C21H21ClN6O2. The molecule has 0 radical (unpaired) electrons. The summed E-state index contributed by atoms with van der Waals surface area (Å²) in [6.45, 7) is 2.51. The highest BCUT2D eigenvalue weighted by Gasteiger charge is 2.25. The van der Waals surface area contributed by atoms with Gasteiger partial charge in [0.25, 0.3) is 5.91 Å². The van der Waals surface area contributed by atoms with Crippen molar-refractivity contribution in [2.24, 2.45) is 0 Å². The molecule has 0 unspecified atom stereocenters. The van der Waals surface area contributed by atoms with Crippen molar-refractivity contribution in [2.75, 3.05) is 38.0 Å². The third kappa shape index (κ3) is 4.67. The van der Waals surface area contributed by atoms with Gasteiger partial charge in [-0.25, -0.2) is 0 Å². The van der Waals surface area contributed by atoms with Crippen molar-refractivity contribution in [3.05, 3.63) is 71.5 Å². The summed E-state index contributed by atoms with van der Waals surface area (Å²) >= 11 is 6.08. The van der Waals surface area contributed by atoms with Gasteiger partial charge in [0.05, 0.1) is 29.1 Å². The molecule has 4 rings (SSSR count). The van der Waals surface area contributed by atoms with Gasteiger partial charge in [0, 0.05) is 26.2 Å². The standard InChI is InChI=1S/C21H21ClN6O2/c22-17-8-4-5-9-18(17)24-20(29)15-26-10-12-27(13-11-26)21(30)19-14-23-28(25-19)16-6-2-1-3-7-16/h1-9,14H,10-13,15H2,(H,24,29). The third-order valence-corrected chi connectivity index (χ3v) is 5.20. The predicted octanol–water partition coefficient (Wildman–Crippen LogP) is 2.32. The second-order valence-corrected chi connectivity index (χ2v) is 7.36. The van der Waals surface area contributed by atoms with Crippen molar-refractivity contribution in [1.82, 2.24) is 24.8 Å². The van der Waals surface area contributed by atoms with Crippen LogP contribution in [0, 0.1) is 0 Å². The summed E-state index contributed by atoms with van der Waals surface area (Å²) in [5.41, 5.74) is 1.70. The lowest BCUT2D eigenvalue weighted by atomic mass is 10.2. The Balaban J connectivity index is 1.29. The van der Waals surface area contributed by atoms with Crippen molar-refractivity contribution in [2.45, 2.75) is 0 Å². The topological polar surface area (TPSA) is 83.4 Å². The summed E-state index contributed by atoms with van der Waals surface area (Å²) in [7, 11) is 0. The van der Waals surface area contributed by atoms with Crippen LogP contribution in [-0.2, 0) is 4.79 Å². The van der Waals surface area contributed by atoms with Crippen LogP contribution in [0.3, 0.4) is 0 Å². The minimum Gasteiger partial charge on any atom is -0.335 e. The van der Waals surface area contributed by atoms with Gasteiger partial charge in [-0.1, -0.05) is 41.9 Å². The Hall–Kier alpha value is -3.23. The molecule has 1 N–H and O–H groups in total. The number of benzene rings is 2. The van der Waals surface area contributed by atoms with Crippen molar-refractivity contribution in [3.63, 3.8) is 0 Å². The molecule has 0 aliphatic carbocycles. The van der Waals surface area contributed by atoms with E-state index < -0.39 is 0 Å². The van der Waals surface area contributed by atoms with E-state index in [0.717, 1.165) is 5.69 Å². The lowest BCUT2D eigenvalue weighted by molar-refractivity contribution is -0.117. The molecule has 154 valence electrons. The normalized spacial score (nSPS) is 14.5. The molecule has 1 aliphatic rings. The average molecular weight is 425 g/mol. The van der Waals surface area contributed by atoms with Crippen LogP contribution in [-0.4, -0.2) is 69.3 Å². The number of nitrogens with one attached hydrogen (secondary N) is 1. The second-order valence-electron chi connectivity index (χ2n) is 6.95. The first-order valence-electron chi connectivity index (χ1n) is 9.64. The molecule has 1 fully saturated rings. The Morgan fingerprint density at radius 3 is 2.40 bits per heavy atom. The molecule has 3 aromatic rings. The van der Waals surface area contributed by atoms with E-state index in [1.54, 1.807) is 17.0 Å².